The molecule has 0 spiro atoms. The predicted molar refractivity (Wildman–Crippen MR) is 24.3 cm³/mol. The lowest BCUT2D eigenvalue weighted by Gasteiger charge is -1.51. The van der Waals surface area contributed by atoms with Gasteiger partial charge in [-0.2, -0.15) is 0 Å². The van der Waals surface area contributed by atoms with Gasteiger partial charge in [0, 0.05) is 0 Å². The van der Waals surface area contributed by atoms with Crippen molar-refractivity contribution in [1.82, 2.24) is 0 Å². The zero-order chi connectivity index (χ0) is 2.71. The Morgan fingerprint density at radius 2 is 1.75 bits per heavy atom. The molecule has 0 unspecified atom stereocenters. The lowest BCUT2D eigenvalue weighted by molar-refractivity contribution is 1.99. The van der Waals surface area contributed by atoms with E-state index in [0.717, 1.165) is 8.73 Å². The molecule has 0 aromatic carbocycles. The fourth-order valence-corrected chi connectivity index (χ4v) is 0. The average Bonchev–Trinajstić information content (AvgIpc) is 0.918. The van der Waals surface area contributed by atoms with E-state index in [2.05, 4.69) is 0 Å². The Labute approximate surface area is 34.2 Å². The van der Waals surface area contributed by atoms with Crippen LogP contribution < -0.4 is 5.50 Å². The lowest BCUT2D eigenvalue weighted by atomic mass is 12.0. The quantitative estimate of drug-likeness (QED) is 0.447. The minimum absolute atomic E-state index is 0. The van der Waals surface area contributed by atoms with Gasteiger partial charge in [-0.15, -0.1) is 12.4 Å². The second-order valence-electron chi connectivity index (χ2n) is 0.258. The van der Waals surface area contributed by atoms with E-state index in [9.17, 15) is 0 Å². The van der Waals surface area contributed by atoms with Crippen LogP contribution in [0.1, 0.15) is 0 Å². The van der Waals surface area contributed by atoms with Gasteiger partial charge in [0.1, 0.15) is 0 Å². The van der Waals surface area contributed by atoms with Gasteiger partial charge in [0.2, 0.25) is 0 Å². The first-order chi connectivity index (χ1) is 1.41. The van der Waals surface area contributed by atoms with E-state index in [4.69, 9.17) is 5.50 Å². The average molecular weight is 98.5 g/mol. The zero-order valence-electron chi connectivity index (χ0n) is 2.43. The summed E-state index contributed by atoms with van der Waals surface area (Å²) in [4.78, 5) is 0. The van der Waals surface area contributed by atoms with Crippen molar-refractivity contribution < 1.29 is 0 Å². The summed E-state index contributed by atoms with van der Waals surface area (Å²) in [6, 6.07) is 0. The predicted octanol–water partition coefficient (Wildman–Crippen LogP) is 0.858. The highest BCUT2D eigenvalue weighted by molar-refractivity contribution is 7.34. The van der Waals surface area contributed by atoms with Crippen LogP contribution in [0.5, 0.6) is 0 Å². The minimum Gasteiger partial charge on any atom is -0.305 e. The van der Waals surface area contributed by atoms with Gasteiger partial charge in [0.25, 0.3) is 0 Å². The number of rotatable bonds is 0. The van der Waals surface area contributed by atoms with Crippen LogP contribution in [0.25, 0.3) is 0 Å². The fraction of sp³-hybridized carbons (Fsp3) is 1.00. The van der Waals surface area contributed by atoms with Crippen LogP contribution in [-0.4, -0.2) is 6.66 Å². The molecule has 0 aliphatic heterocycles. The first-order valence-corrected chi connectivity index (χ1v) is 2.12. The first-order valence-electron chi connectivity index (χ1n) is 0.705. The SMILES string of the molecule is C[P]N.Cl. The summed E-state index contributed by atoms with van der Waals surface area (Å²) >= 11 is 0. The van der Waals surface area contributed by atoms with Crippen LogP contribution in [-0.2, 0) is 0 Å². The van der Waals surface area contributed by atoms with E-state index >= 15 is 0 Å². The second-order valence-corrected chi connectivity index (χ2v) is 0.775. The third kappa shape index (κ3) is 16.4. The van der Waals surface area contributed by atoms with Crippen LogP contribution >= 0.6 is 21.1 Å². The van der Waals surface area contributed by atoms with E-state index < -0.39 is 0 Å². The number of nitrogens with two attached hydrogens (primary N) is 1. The standard InChI is InChI=1S/CH5NP.ClH/c1-3-2;/h2H2,1H3;1H. The largest absolute Gasteiger partial charge is 0.305 e. The maximum Gasteiger partial charge on any atom is -0.00409 e. The van der Waals surface area contributed by atoms with Gasteiger partial charge in [-0.3, -0.25) is 0 Å². The second kappa shape index (κ2) is 9.36. The molecule has 0 bridgehead atoms. The molecule has 0 amide bonds. The van der Waals surface area contributed by atoms with Gasteiger partial charge >= 0.3 is 0 Å². The molecule has 27 valence electrons. The lowest BCUT2D eigenvalue weighted by Crippen LogP contribution is -1.59. The van der Waals surface area contributed by atoms with Crippen molar-refractivity contribution >= 4 is 21.1 Å². The molecular formula is CH6ClNP. The summed E-state index contributed by atoms with van der Waals surface area (Å²) in [5.41, 5.74) is 4.82. The fourth-order valence-electron chi connectivity index (χ4n) is 0. The Morgan fingerprint density at radius 3 is 1.75 bits per heavy atom. The van der Waals surface area contributed by atoms with E-state index in [-0.39, 0.29) is 12.4 Å². The van der Waals surface area contributed by atoms with Crippen molar-refractivity contribution in [2.45, 2.75) is 0 Å². The van der Waals surface area contributed by atoms with Gasteiger partial charge in [0.05, 0.1) is 0 Å². The third-order valence-electron chi connectivity index (χ3n) is 0. The molecule has 0 aromatic heterocycles. The molecule has 0 atom stereocenters. The summed E-state index contributed by atoms with van der Waals surface area (Å²) in [6.07, 6.45) is 0. The Kier molecular flexibility index (Phi) is 20.7. The number of halogens is 1. The topological polar surface area (TPSA) is 26.0 Å². The van der Waals surface area contributed by atoms with E-state index in [1.807, 2.05) is 6.66 Å². The van der Waals surface area contributed by atoms with Crippen molar-refractivity contribution in [3.05, 3.63) is 0 Å². The van der Waals surface area contributed by atoms with Crippen molar-refractivity contribution in [2.24, 2.45) is 5.50 Å². The van der Waals surface area contributed by atoms with Crippen LogP contribution in [0.15, 0.2) is 0 Å². The highest BCUT2D eigenvalue weighted by Crippen LogP contribution is 1.74. The molecule has 0 saturated heterocycles. The first kappa shape index (κ1) is 8.82. The van der Waals surface area contributed by atoms with Crippen LogP contribution in [0.4, 0.5) is 0 Å². The Balaban J connectivity index is 0. The molecule has 3 heteroatoms. The molecule has 0 saturated carbocycles. The molecule has 0 fully saturated rings. The molecule has 1 nitrogen and oxygen atoms in total. The molecule has 0 aromatic rings. The zero-order valence-corrected chi connectivity index (χ0v) is 4.14. The molecule has 0 aliphatic carbocycles. The van der Waals surface area contributed by atoms with Gasteiger partial charge in [-0.1, -0.05) is 0 Å². The van der Waals surface area contributed by atoms with E-state index in [1.165, 1.54) is 0 Å². The van der Waals surface area contributed by atoms with Crippen molar-refractivity contribution in [3.63, 3.8) is 0 Å². The maximum absolute atomic E-state index is 4.82. The van der Waals surface area contributed by atoms with Gasteiger partial charge in [0.15, 0.2) is 0 Å². The van der Waals surface area contributed by atoms with Crippen molar-refractivity contribution in [3.8, 4) is 0 Å². The number of hydrogen-bond acceptors (Lipinski definition) is 1. The summed E-state index contributed by atoms with van der Waals surface area (Å²) in [7, 11) is 0.917. The molecule has 4 heavy (non-hydrogen) atoms. The Hall–Kier alpha value is 0.680. The molecule has 0 rings (SSSR count). The monoisotopic (exact) mass is 98.0 g/mol. The normalized spacial score (nSPS) is 7.50. The summed E-state index contributed by atoms with van der Waals surface area (Å²) < 4.78 is 0. The molecule has 2 N–H and O–H groups in total. The van der Waals surface area contributed by atoms with E-state index in [1.54, 1.807) is 0 Å². The Bertz CT molecular complexity index is 8.00. The smallest absolute Gasteiger partial charge is 0.00409 e. The van der Waals surface area contributed by atoms with E-state index in [0.29, 0.717) is 0 Å². The third-order valence-corrected chi connectivity index (χ3v) is 0. The summed E-state index contributed by atoms with van der Waals surface area (Å²) in [6.45, 7) is 1.88. The highest BCUT2D eigenvalue weighted by Gasteiger charge is 1.34. The Morgan fingerprint density at radius 1 is 1.75 bits per heavy atom. The van der Waals surface area contributed by atoms with Crippen LogP contribution in [0.2, 0.25) is 0 Å². The minimum atomic E-state index is 0. The van der Waals surface area contributed by atoms with Gasteiger partial charge in [-0.25, -0.2) is 0 Å². The molecule has 0 heterocycles. The van der Waals surface area contributed by atoms with Gasteiger partial charge in [-0.05, 0) is 15.4 Å². The van der Waals surface area contributed by atoms with Gasteiger partial charge < -0.3 is 5.50 Å². The maximum atomic E-state index is 4.82. The molecule has 1 radical (unpaired) electrons. The molecular weight excluding hydrogens is 92.4 g/mol. The number of hydrogen-bond donors (Lipinski definition) is 1. The highest BCUT2D eigenvalue weighted by atomic mass is 35.5. The van der Waals surface area contributed by atoms with Crippen LogP contribution in [0, 0.1) is 0 Å². The summed E-state index contributed by atoms with van der Waals surface area (Å²) in [5.74, 6) is 0. The summed E-state index contributed by atoms with van der Waals surface area (Å²) in [5, 5.41) is 0. The van der Waals surface area contributed by atoms with Crippen LogP contribution in [0.3, 0.4) is 0 Å². The van der Waals surface area contributed by atoms with Crippen molar-refractivity contribution in [1.29, 1.82) is 0 Å². The molecule has 0 aliphatic rings. The van der Waals surface area contributed by atoms with Crippen molar-refractivity contribution in [2.75, 3.05) is 6.66 Å².